The van der Waals surface area contributed by atoms with Crippen LogP contribution in [0.3, 0.4) is 0 Å². The van der Waals surface area contributed by atoms with Crippen molar-refractivity contribution in [3.63, 3.8) is 0 Å². The highest BCUT2D eigenvalue weighted by molar-refractivity contribution is 5.69. The molecule has 1 heterocycles. The number of nitrogens with one attached hydrogen (secondary N) is 1. The maximum atomic E-state index is 10.9. The van der Waals surface area contributed by atoms with Crippen LogP contribution in [0.1, 0.15) is 30.6 Å². The van der Waals surface area contributed by atoms with Crippen LogP contribution in [0.4, 0.5) is 0 Å². The Morgan fingerprint density at radius 1 is 1.69 bits per heavy atom. The molecule has 0 spiro atoms. The van der Waals surface area contributed by atoms with Crippen molar-refractivity contribution in [1.82, 2.24) is 15.1 Å². The van der Waals surface area contributed by atoms with Crippen LogP contribution in [0.2, 0.25) is 0 Å². The molecule has 0 radical (unpaired) electrons. The topological polar surface area (TPSA) is 56.1 Å². The zero-order valence-electron chi connectivity index (χ0n) is 10.3. The Bertz CT molecular complexity index is 360. The quantitative estimate of drug-likeness (QED) is 0.758. The summed E-state index contributed by atoms with van der Waals surface area (Å²) in [5, 5.41) is 7.45. The third kappa shape index (κ3) is 3.06. The lowest BCUT2D eigenvalue weighted by molar-refractivity contribution is -0.140. The predicted molar refractivity (Wildman–Crippen MR) is 61.0 cm³/mol. The van der Waals surface area contributed by atoms with Crippen LogP contribution >= 0.6 is 0 Å². The number of aromatic nitrogens is 2. The predicted octanol–water partition coefficient (Wildman–Crippen LogP) is 0.942. The van der Waals surface area contributed by atoms with Gasteiger partial charge in [-0.25, -0.2) is 0 Å². The van der Waals surface area contributed by atoms with Gasteiger partial charge in [-0.2, -0.15) is 5.10 Å². The van der Waals surface area contributed by atoms with Crippen LogP contribution in [0.15, 0.2) is 6.20 Å². The standard InChI is InChI=1S/C11H19N3O2/c1-8(12-6-5-11(15)16-4)10-7-13-14(3)9(10)2/h7-8,12H,5-6H2,1-4H3. The van der Waals surface area contributed by atoms with Crippen molar-refractivity contribution in [3.8, 4) is 0 Å². The lowest BCUT2D eigenvalue weighted by Crippen LogP contribution is -2.22. The van der Waals surface area contributed by atoms with E-state index >= 15 is 0 Å². The molecule has 1 rings (SSSR count). The van der Waals surface area contributed by atoms with E-state index in [-0.39, 0.29) is 12.0 Å². The maximum absolute atomic E-state index is 10.9. The molecule has 1 aromatic rings. The van der Waals surface area contributed by atoms with Crippen LogP contribution in [-0.4, -0.2) is 29.4 Å². The highest BCUT2D eigenvalue weighted by Gasteiger charge is 2.11. The summed E-state index contributed by atoms with van der Waals surface area (Å²) in [6.45, 7) is 4.70. The van der Waals surface area contributed by atoms with E-state index in [1.807, 2.05) is 24.9 Å². The van der Waals surface area contributed by atoms with Gasteiger partial charge in [-0.3, -0.25) is 9.48 Å². The molecule has 0 aliphatic carbocycles. The molecule has 16 heavy (non-hydrogen) atoms. The second-order valence-electron chi connectivity index (χ2n) is 3.81. The van der Waals surface area contributed by atoms with Gasteiger partial charge in [0.1, 0.15) is 0 Å². The van der Waals surface area contributed by atoms with Crippen molar-refractivity contribution in [1.29, 1.82) is 0 Å². The first kappa shape index (κ1) is 12.7. The summed E-state index contributed by atoms with van der Waals surface area (Å²) in [5.41, 5.74) is 2.30. The Morgan fingerprint density at radius 2 is 2.38 bits per heavy atom. The van der Waals surface area contributed by atoms with Crippen molar-refractivity contribution in [2.45, 2.75) is 26.3 Å². The van der Waals surface area contributed by atoms with Gasteiger partial charge < -0.3 is 10.1 Å². The number of nitrogens with zero attached hydrogens (tertiary/aromatic N) is 2. The normalized spacial score (nSPS) is 12.5. The number of esters is 1. The highest BCUT2D eigenvalue weighted by atomic mass is 16.5. The maximum Gasteiger partial charge on any atom is 0.306 e. The highest BCUT2D eigenvalue weighted by Crippen LogP contribution is 2.15. The molecule has 1 unspecified atom stereocenters. The first-order chi connectivity index (χ1) is 7.56. The molecule has 0 amide bonds. The van der Waals surface area contributed by atoms with E-state index in [9.17, 15) is 4.79 Å². The van der Waals surface area contributed by atoms with Crippen LogP contribution in [0.25, 0.3) is 0 Å². The zero-order valence-corrected chi connectivity index (χ0v) is 10.3. The van der Waals surface area contributed by atoms with Crippen molar-refractivity contribution in [2.24, 2.45) is 7.05 Å². The van der Waals surface area contributed by atoms with E-state index in [1.54, 1.807) is 0 Å². The first-order valence-corrected chi connectivity index (χ1v) is 5.35. The largest absolute Gasteiger partial charge is 0.469 e. The molecule has 0 aliphatic heterocycles. The summed E-state index contributed by atoms with van der Waals surface area (Å²) in [6, 6.07) is 0.193. The minimum absolute atomic E-state index is 0.192. The summed E-state index contributed by atoms with van der Waals surface area (Å²) in [6.07, 6.45) is 2.24. The van der Waals surface area contributed by atoms with E-state index in [4.69, 9.17) is 0 Å². The molecule has 5 heteroatoms. The van der Waals surface area contributed by atoms with Crippen molar-refractivity contribution >= 4 is 5.97 Å². The molecule has 0 saturated carbocycles. The monoisotopic (exact) mass is 225 g/mol. The molecule has 0 saturated heterocycles. The third-order valence-corrected chi connectivity index (χ3v) is 2.75. The summed E-state index contributed by atoms with van der Waals surface area (Å²) >= 11 is 0. The molecule has 90 valence electrons. The fraction of sp³-hybridized carbons (Fsp3) is 0.636. The number of carbonyl (C=O) groups is 1. The van der Waals surface area contributed by atoms with Crippen LogP contribution < -0.4 is 5.32 Å². The van der Waals surface area contributed by atoms with E-state index in [1.165, 1.54) is 7.11 Å². The molecule has 5 nitrogen and oxygen atoms in total. The smallest absolute Gasteiger partial charge is 0.306 e. The fourth-order valence-electron chi connectivity index (χ4n) is 1.54. The second-order valence-corrected chi connectivity index (χ2v) is 3.81. The summed E-state index contributed by atoms with van der Waals surface area (Å²) in [5.74, 6) is -0.192. The number of carbonyl (C=O) groups excluding carboxylic acids is 1. The molecular weight excluding hydrogens is 206 g/mol. The van der Waals surface area contributed by atoms with Gasteiger partial charge in [0.2, 0.25) is 0 Å². The lowest BCUT2D eigenvalue weighted by atomic mass is 10.1. The molecule has 0 bridgehead atoms. The summed E-state index contributed by atoms with van der Waals surface area (Å²) in [7, 11) is 3.32. The zero-order chi connectivity index (χ0) is 12.1. The van der Waals surface area contributed by atoms with Crippen molar-refractivity contribution in [2.75, 3.05) is 13.7 Å². The van der Waals surface area contributed by atoms with Gasteiger partial charge in [-0.05, 0) is 13.8 Å². The Balaban J connectivity index is 2.44. The lowest BCUT2D eigenvalue weighted by Gasteiger charge is -2.12. The average molecular weight is 225 g/mol. The number of rotatable bonds is 5. The van der Waals surface area contributed by atoms with Crippen LogP contribution in [0.5, 0.6) is 0 Å². The van der Waals surface area contributed by atoms with Gasteiger partial charge in [-0.15, -0.1) is 0 Å². The minimum Gasteiger partial charge on any atom is -0.469 e. The van der Waals surface area contributed by atoms with Crippen LogP contribution in [-0.2, 0) is 16.6 Å². The second kappa shape index (κ2) is 5.65. The van der Waals surface area contributed by atoms with Crippen LogP contribution in [0, 0.1) is 6.92 Å². The van der Waals surface area contributed by atoms with E-state index in [0.29, 0.717) is 13.0 Å². The third-order valence-electron chi connectivity index (χ3n) is 2.75. The number of hydrogen-bond donors (Lipinski definition) is 1. The summed E-state index contributed by atoms with van der Waals surface area (Å²) < 4.78 is 6.41. The van der Waals surface area contributed by atoms with Gasteiger partial charge in [-0.1, -0.05) is 0 Å². The van der Waals surface area contributed by atoms with Gasteiger partial charge >= 0.3 is 5.97 Å². The van der Waals surface area contributed by atoms with Crippen molar-refractivity contribution < 1.29 is 9.53 Å². The van der Waals surface area contributed by atoms with E-state index in [0.717, 1.165) is 11.3 Å². The molecular formula is C11H19N3O2. The Morgan fingerprint density at radius 3 is 2.88 bits per heavy atom. The van der Waals surface area contributed by atoms with E-state index < -0.39 is 0 Å². The van der Waals surface area contributed by atoms with Gasteiger partial charge in [0.15, 0.2) is 0 Å². The summed E-state index contributed by atoms with van der Waals surface area (Å²) in [4.78, 5) is 10.9. The average Bonchev–Trinajstić information content (AvgIpc) is 2.59. The molecule has 1 N–H and O–H groups in total. The minimum atomic E-state index is -0.192. The number of ether oxygens (including phenoxy) is 1. The molecule has 1 atom stereocenters. The Kier molecular flexibility index (Phi) is 4.49. The van der Waals surface area contributed by atoms with E-state index in [2.05, 4.69) is 22.1 Å². The SMILES string of the molecule is COC(=O)CCNC(C)c1cnn(C)c1C. The molecule has 0 aromatic carbocycles. The molecule has 0 aliphatic rings. The van der Waals surface area contributed by atoms with Gasteiger partial charge in [0.25, 0.3) is 0 Å². The number of aryl methyl sites for hydroxylation is 1. The fourth-order valence-corrected chi connectivity index (χ4v) is 1.54. The molecule has 0 fully saturated rings. The van der Waals surface area contributed by atoms with Gasteiger partial charge in [0.05, 0.1) is 19.7 Å². The first-order valence-electron chi connectivity index (χ1n) is 5.35. The molecule has 1 aromatic heterocycles. The number of methoxy groups -OCH3 is 1. The van der Waals surface area contributed by atoms with Crippen molar-refractivity contribution in [3.05, 3.63) is 17.5 Å². The van der Waals surface area contributed by atoms with Gasteiger partial charge in [0, 0.05) is 30.9 Å². The Labute approximate surface area is 95.8 Å². The number of hydrogen-bond acceptors (Lipinski definition) is 4. The Hall–Kier alpha value is -1.36.